The van der Waals surface area contributed by atoms with Crippen molar-refractivity contribution >= 4 is 37.9 Å². The third-order valence-corrected chi connectivity index (χ3v) is 18.8. The van der Waals surface area contributed by atoms with Crippen molar-refractivity contribution in [2.45, 2.75) is 102 Å². The lowest BCUT2D eigenvalue weighted by Gasteiger charge is -2.43. The molecule has 0 amide bonds. The molecule has 4 rings (SSSR count). The van der Waals surface area contributed by atoms with Gasteiger partial charge in [0, 0.05) is 0 Å². The molecular weight excluding hydrogens is 575 g/mol. The highest BCUT2D eigenvalue weighted by molar-refractivity contribution is 7.90. The molecule has 0 aromatic carbocycles. The van der Waals surface area contributed by atoms with Crippen molar-refractivity contribution in [3.63, 3.8) is 0 Å². The molecule has 0 aliphatic carbocycles. The zero-order chi connectivity index (χ0) is 30.3. The first kappa shape index (κ1) is 30.9. The average Bonchev–Trinajstić information content (AvgIpc) is 3.42. The van der Waals surface area contributed by atoms with E-state index in [9.17, 15) is 18.0 Å². The third kappa shape index (κ3) is 4.96. The van der Waals surface area contributed by atoms with E-state index in [1.54, 1.807) is 0 Å². The number of aromatic nitrogens is 4. The number of hydrogen-bond donors (Lipinski definition) is 3. The number of ether oxygens (including phenoxy) is 1. The van der Waals surface area contributed by atoms with Crippen LogP contribution in [0.3, 0.4) is 0 Å². The maximum Gasteiger partial charge on any atom is 0.332 e. The van der Waals surface area contributed by atoms with Crippen molar-refractivity contribution in [3.05, 3.63) is 38.3 Å². The minimum atomic E-state index is -4.22. The zero-order valence-electron chi connectivity index (χ0n) is 24.7. The van der Waals surface area contributed by atoms with Crippen molar-refractivity contribution in [2.75, 3.05) is 6.61 Å². The molecule has 224 valence electrons. The van der Waals surface area contributed by atoms with E-state index in [0.717, 1.165) is 9.98 Å². The fraction of sp³-hybridized carbons (Fsp3) is 0.708. The highest BCUT2D eigenvalue weighted by Crippen LogP contribution is 2.52. The Labute approximate surface area is 235 Å². The highest BCUT2D eigenvalue weighted by Gasteiger charge is 2.67. The molecule has 1 saturated heterocycles. The van der Waals surface area contributed by atoms with Gasteiger partial charge in [0.15, 0.2) is 34.1 Å². The third-order valence-electron chi connectivity index (χ3n) is 8.84. The predicted octanol–water partition coefficient (Wildman–Crippen LogP) is 2.62. The van der Waals surface area contributed by atoms with Crippen LogP contribution in [0.5, 0.6) is 0 Å². The standard InChI is InChI=1S/C24H41N5O8SSi2/c1-22(2,3)39(7,8)34-11-15-24(14(25)12-38(32,33)37-24)17(36-40(9,10)23(4,5)6)20(35-15)29-18-16(26-13-27-18)19(30)28-21(29)31/h12-13,15,17,20H,11,25H2,1-10H3,(H,26,27)(H,28,30,31)/t15?,17-,20+,24?/m0/s1. The number of imidazole rings is 1. The molecule has 2 unspecified atom stereocenters. The summed E-state index contributed by atoms with van der Waals surface area (Å²) >= 11 is 0. The van der Waals surface area contributed by atoms with Crippen LogP contribution < -0.4 is 17.0 Å². The van der Waals surface area contributed by atoms with Gasteiger partial charge < -0.3 is 24.3 Å². The van der Waals surface area contributed by atoms with Gasteiger partial charge in [-0.15, -0.1) is 0 Å². The van der Waals surface area contributed by atoms with Crippen LogP contribution in [-0.2, 0) is 27.9 Å². The summed E-state index contributed by atoms with van der Waals surface area (Å²) in [5.74, 6) is 0. The summed E-state index contributed by atoms with van der Waals surface area (Å²) in [5.41, 5.74) is 3.15. The van der Waals surface area contributed by atoms with Crippen molar-refractivity contribution < 1.29 is 26.2 Å². The Bertz CT molecular complexity index is 1560. The molecule has 0 bridgehead atoms. The summed E-state index contributed by atoms with van der Waals surface area (Å²) in [4.78, 5) is 35.0. The molecule has 2 aromatic heterocycles. The van der Waals surface area contributed by atoms with E-state index in [1.807, 2.05) is 33.9 Å². The number of nitrogens with one attached hydrogen (secondary N) is 2. The number of fused-ring (bicyclic) bond motifs is 1. The summed E-state index contributed by atoms with van der Waals surface area (Å²) < 4.78 is 52.6. The van der Waals surface area contributed by atoms with Crippen LogP contribution in [0.4, 0.5) is 0 Å². The van der Waals surface area contributed by atoms with Crippen molar-refractivity contribution in [1.82, 2.24) is 19.5 Å². The largest absolute Gasteiger partial charge is 0.414 e. The fourth-order valence-corrected chi connectivity index (χ4v) is 7.89. The van der Waals surface area contributed by atoms with Crippen LogP contribution in [0.1, 0.15) is 47.8 Å². The van der Waals surface area contributed by atoms with Crippen LogP contribution in [0.2, 0.25) is 36.3 Å². The minimum absolute atomic E-state index is 0.0205. The quantitative estimate of drug-likeness (QED) is 0.323. The van der Waals surface area contributed by atoms with E-state index in [2.05, 4.69) is 48.8 Å². The predicted molar refractivity (Wildman–Crippen MR) is 155 cm³/mol. The highest BCUT2D eigenvalue weighted by atomic mass is 32.2. The second kappa shape index (κ2) is 9.47. The second-order valence-electron chi connectivity index (χ2n) is 13.6. The number of nitrogens with two attached hydrogens (primary N) is 1. The molecule has 0 radical (unpaired) electrons. The molecule has 4 atom stereocenters. The first-order chi connectivity index (χ1) is 18.0. The Balaban J connectivity index is 1.95. The number of aromatic amines is 2. The Morgan fingerprint density at radius 2 is 1.70 bits per heavy atom. The van der Waals surface area contributed by atoms with Gasteiger partial charge in [0.2, 0.25) is 0 Å². The van der Waals surface area contributed by atoms with E-state index >= 15 is 0 Å². The van der Waals surface area contributed by atoms with Gasteiger partial charge in [0.05, 0.1) is 24.0 Å². The maximum absolute atomic E-state index is 13.3. The van der Waals surface area contributed by atoms with E-state index < -0.39 is 62.0 Å². The lowest BCUT2D eigenvalue weighted by Crippen LogP contribution is -2.59. The van der Waals surface area contributed by atoms with Crippen molar-refractivity contribution in [2.24, 2.45) is 5.73 Å². The molecule has 40 heavy (non-hydrogen) atoms. The lowest BCUT2D eigenvalue weighted by molar-refractivity contribution is -0.0548. The van der Waals surface area contributed by atoms with E-state index in [0.29, 0.717) is 0 Å². The maximum atomic E-state index is 13.3. The molecule has 2 aromatic rings. The van der Waals surface area contributed by atoms with Gasteiger partial charge in [0.25, 0.3) is 15.7 Å². The Kier molecular flexibility index (Phi) is 7.31. The van der Waals surface area contributed by atoms with Gasteiger partial charge in [0.1, 0.15) is 17.7 Å². The summed E-state index contributed by atoms with van der Waals surface area (Å²) in [6.45, 7) is 20.3. The Hall–Kier alpha value is -2.09. The van der Waals surface area contributed by atoms with E-state index in [1.165, 1.54) is 6.33 Å². The number of rotatable bonds is 6. The van der Waals surface area contributed by atoms with Gasteiger partial charge in [-0.05, 0) is 36.3 Å². The normalized spacial score (nSPS) is 27.6. The van der Waals surface area contributed by atoms with E-state index in [-0.39, 0.29) is 33.5 Å². The number of nitrogens with zero attached hydrogens (tertiary/aromatic N) is 2. The van der Waals surface area contributed by atoms with Gasteiger partial charge in [-0.1, -0.05) is 41.5 Å². The monoisotopic (exact) mass is 615 g/mol. The Morgan fingerprint density at radius 1 is 1.10 bits per heavy atom. The Morgan fingerprint density at radius 3 is 2.23 bits per heavy atom. The van der Waals surface area contributed by atoms with Crippen LogP contribution in [0, 0.1) is 0 Å². The van der Waals surface area contributed by atoms with Crippen LogP contribution >= 0.6 is 0 Å². The minimum Gasteiger partial charge on any atom is -0.414 e. The molecule has 1 fully saturated rings. The SMILES string of the molecule is CC(C)(C)[Si](C)(C)OCC1O[C@@H](n2c(=O)[nH]c(=O)c3[nH]cnc32)[C@H](O[Si](C)(C)C(C)(C)C)C12OS(=O)(=O)C=C2N. The first-order valence-corrected chi connectivity index (χ1v) is 20.4. The molecule has 4 N–H and O–H groups in total. The van der Waals surface area contributed by atoms with Crippen molar-refractivity contribution in [1.29, 1.82) is 0 Å². The number of hydrogen-bond acceptors (Lipinski definition) is 10. The zero-order valence-corrected chi connectivity index (χ0v) is 27.6. The van der Waals surface area contributed by atoms with Crippen LogP contribution in [0.25, 0.3) is 11.2 Å². The molecule has 2 aliphatic heterocycles. The summed E-state index contributed by atoms with van der Waals surface area (Å²) in [7, 11) is -9.28. The molecule has 0 saturated carbocycles. The molecule has 2 aliphatic rings. The van der Waals surface area contributed by atoms with Gasteiger partial charge >= 0.3 is 5.69 Å². The molecule has 13 nitrogen and oxygen atoms in total. The van der Waals surface area contributed by atoms with E-state index in [4.69, 9.17) is 23.5 Å². The van der Waals surface area contributed by atoms with Crippen molar-refractivity contribution in [3.8, 4) is 0 Å². The topological polar surface area (TPSA) is 181 Å². The molecule has 4 heterocycles. The van der Waals surface area contributed by atoms with Gasteiger partial charge in [-0.3, -0.25) is 9.78 Å². The number of H-pyrrole nitrogens is 2. The lowest BCUT2D eigenvalue weighted by atomic mass is 9.89. The summed E-state index contributed by atoms with van der Waals surface area (Å²) in [5, 5.41) is 0.387. The fourth-order valence-electron chi connectivity index (χ4n) is 4.39. The molecule has 1 spiro atoms. The van der Waals surface area contributed by atoms with Crippen LogP contribution in [-0.4, -0.2) is 69.0 Å². The summed E-state index contributed by atoms with van der Waals surface area (Å²) in [6, 6.07) is 0. The van der Waals surface area contributed by atoms with Gasteiger partial charge in [-0.25, -0.2) is 18.5 Å². The molecular formula is C24H41N5O8SSi2. The van der Waals surface area contributed by atoms with Crippen LogP contribution in [0.15, 0.2) is 27.0 Å². The second-order valence-corrected chi connectivity index (χ2v) is 24.5. The molecule has 16 heteroatoms. The average molecular weight is 616 g/mol. The van der Waals surface area contributed by atoms with Gasteiger partial charge in [-0.2, -0.15) is 8.42 Å². The first-order valence-electron chi connectivity index (χ1n) is 13.1. The summed E-state index contributed by atoms with van der Waals surface area (Å²) in [6.07, 6.45) is -2.27. The smallest absolute Gasteiger partial charge is 0.332 e.